The molecular weight excluding hydrogens is 374 g/mol. The predicted molar refractivity (Wildman–Crippen MR) is 109 cm³/mol. The molecule has 3 rings (SSSR count). The van der Waals surface area contributed by atoms with Gasteiger partial charge in [-0.25, -0.2) is 0 Å². The number of amides is 1. The van der Waals surface area contributed by atoms with Crippen molar-refractivity contribution in [3.8, 4) is 28.4 Å². The van der Waals surface area contributed by atoms with E-state index < -0.39 is 0 Å². The molecule has 0 saturated carbocycles. The Morgan fingerprint density at radius 1 is 1.14 bits per heavy atom. The monoisotopic (exact) mass is 399 g/mol. The van der Waals surface area contributed by atoms with E-state index in [4.69, 9.17) is 14.2 Å². The summed E-state index contributed by atoms with van der Waals surface area (Å²) in [6.07, 6.45) is 1.21. The molecule has 29 heavy (non-hydrogen) atoms. The lowest BCUT2D eigenvalue weighted by molar-refractivity contribution is -0.119. The van der Waals surface area contributed by atoms with Gasteiger partial charge in [-0.1, -0.05) is 6.07 Å². The minimum Gasteiger partial charge on any atom is -0.493 e. The van der Waals surface area contributed by atoms with Crippen LogP contribution >= 0.6 is 0 Å². The number of rotatable bonds is 5. The van der Waals surface area contributed by atoms with Crippen molar-refractivity contribution in [2.75, 3.05) is 21.3 Å². The van der Waals surface area contributed by atoms with E-state index in [1.807, 2.05) is 6.07 Å². The van der Waals surface area contributed by atoms with Gasteiger partial charge in [-0.3, -0.25) is 9.59 Å². The molecule has 1 aliphatic rings. The molecule has 0 radical (unpaired) electrons. The first kappa shape index (κ1) is 20.7. The highest BCUT2D eigenvalue weighted by atomic mass is 16.5. The third-order valence-corrected chi connectivity index (χ3v) is 5.19. The number of benzene rings is 1. The number of nitrogens with one attached hydrogen (secondary N) is 1. The molecule has 0 unspecified atom stereocenters. The fourth-order valence-electron chi connectivity index (χ4n) is 3.97. The Hall–Kier alpha value is -3.06. The zero-order valence-corrected chi connectivity index (χ0v) is 17.0. The molecule has 2 aromatic rings. The molecular formula is C22H25NO6. The largest absolute Gasteiger partial charge is 0.493 e. The third-order valence-electron chi connectivity index (χ3n) is 5.19. The molecule has 2 N–H and O–H groups in total. The Kier molecular flexibility index (Phi) is 6.08. The van der Waals surface area contributed by atoms with Crippen molar-refractivity contribution in [1.29, 1.82) is 0 Å². The van der Waals surface area contributed by atoms with E-state index in [0.717, 1.165) is 16.7 Å². The average Bonchev–Trinajstić information content (AvgIpc) is 2.95. The number of carbonyl (C=O) groups is 1. The molecule has 0 fully saturated rings. The minimum absolute atomic E-state index is 0.185. The summed E-state index contributed by atoms with van der Waals surface area (Å²) in [6.45, 7) is 1.18. The van der Waals surface area contributed by atoms with Crippen LogP contribution in [0.1, 0.15) is 36.1 Å². The summed E-state index contributed by atoms with van der Waals surface area (Å²) in [5.41, 5.74) is 3.43. The topological polar surface area (TPSA) is 94.1 Å². The second-order valence-electron chi connectivity index (χ2n) is 6.85. The van der Waals surface area contributed by atoms with Crippen molar-refractivity contribution in [3.63, 3.8) is 0 Å². The van der Waals surface area contributed by atoms with Gasteiger partial charge >= 0.3 is 0 Å². The Morgan fingerprint density at radius 3 is 2.45 bits per heavy atom. The van der Waals surface area contributed by atoms with Gasteiger partial charge < -0.3 is 24.6 Å². The minimum atomic E-state index is -0.358. The van der Waals surface area contributed by atoms with Crippen LogP contribution < -0.4 is 25.0 Å². The quantitative estimate of drug-likeness (QED) is 0.802. The summed E-state index contributed by atoms with van der Waals surface area (Å²) >= 11 is 0. The zero-order chi connectivity index (χ0) is 21.1. The van der Waals surface area contributed by atoms with Gasteiger partial charge in [0.15, 0.2) is 17.2 Å². The molecule has 0 saturated heterocycles. The maximum absolute atomic E-state index is 12.6. The molecule has 0 spiro atoms. The van der Waals surface area contributed by atoms with E-state index in [0.29, 0.717) is 35.5 Å². The molecule has 1 amide bonds. The lowest BCUT2D eigenvalue weighted by atomic mass is 9.92. The summed E-state index contributed by atoms with van der Waals surface area (Å²) in [7, 11) is 4.50. The Bertz CT molecular complexity index is 1000. The first-order valence-electron chi connectivity index (χ1n) is 9.32. The van der Waals surface area contributed by atoms with Crippen LogP contribution in [0.25, 0.3) is 11.1 Å². The van der Waals surface area contributed by atoms with Crippen molar-refractivity contribution in [2.24, 2.45) is 0 Å². The van der Waals surface area contributed by atoms with Crippen LogP contribution in [0.3, 0.4) is 0 Å². The predicted octanol–water partition coefficient (Wildman–Crippen LogP) is 2.36. The number of hydrogen-bond acceptors (Lipinski definition) is 6. The molecule has 7 nitrogen and oxygen atoms in total. The van der Waals surface area contributed by atoms with E-state index in [-0.39, 0.29) is 29.7 Å². The van der Waals surface area contributed by atoms with Crippen molar-refractivity contribution >= 4 is 5.91 Å². The first-order valence-corrected chi connectivity index (χ1v) is 9.32. The number of ether oxygens (including phenoxy) is 3. The van der Waals surface area contributed by atoms with E-state index in [9.17, 15) is 14.7 Å². The van der Waals surface area contributed by atoms with E-state index in [1.54, 1.807) is 19.2 Å². The Balaban J connectivity index is 2.41. The van der Waals surface area contributed by atoms with Gasteiger partial charge in [0.25, 0.3) is 0 Å². The number of aliphatic hydroxyl groups is 1. The summed E-state index contributed by atoms with van der Waals surface area (Å²) < 4.78 is 16.2. The van der Waals surface area contributed by atoms with Crippen LogP contribution in [-0.4, -0.2) is 32.3 Å². The second-order valence-corrected chi connectivity index (χ2v) is 6.85. The number of hydrogen-bond donors (Lipinski definition) is 2. The summed E-state index contributed by atoms with van der Waals surface area (Å²) in [5.74, 6) is 0.985. The molecule has 1 aliphatic carbocycles. The van der Waals surface area contributed by atoms with Gasteiger partial charge in [-0.2, -0.15) is 0 Å². The highest BCUT2D eigenvalue weighted by molar-refractivity contribution is 5.80. The van der Waals surface area contributed by atoms with Crippen LogP contribution in [-0.2, 0) is 17.8 Å². The van der Waals surface area contributed by atoms with Crippen LogP contribution in [0.5, 0.6) is 17.2 Å². The standard InChI is InChI=1S/C22H25NO6/c1-12(25)23-17-7-5-13-9-20(28-3)22(29-4)16(11-24)21(13)14-6-8-19(27-2)18(26)10-15(14)17/h6,8-10,17,24H,5,7,11H2,1-4H3,(H,23,25)/t17-/m0/s1. The SMILES string of the molecule is COc1cc2c(c(CO)c1OC)-c1ccc(OC)c(=O)cc1[C@@H](NC(C)=O)CC2. The Labute approximate surface area is 169 Å². The van der Waals surface area contributed by atoms with Gasteiger partial charge in [0, 0.05) is 12.5 Å². The fourth-order valence-corrected chi connectivity index (χ4v) is 3.97. The fraction of sp³-hybridized carbons (Fsp3) is 0.364. The van der Waals surface area contributed by atoms with E-state index in [1.165, 1.54) is 27.2 Å². The van der Waals surface area contributed by atoms with Gasteiger partial charge in [0.2, 0.25) is 11.3 Å². The average molecular weight is 399 g/mol. The lowest BCUT2D eigenvalue weighted by Gasteiger charge is -2.19. The molecule has 0 heterocycles. The van der Waals surface area contributed by atoms with Gasteiger partial charge in [-0.05, 0) is 53.3 Å². The number of methoxy groups -OCH3 is 3. The highest BCUT2D eigenvalue weighted by Gasteiger charge is 2.28. The van der Waals surface area contributed by atoms with Crippen LogP contribution in [0.2, 0.25) is 0 Å². The van der Waals surface area contributed by atoms with Crippen molar-refractivity contribution in [1.82, 2.24) is 5.32 Å². The van der Waals surface area contributed by atoms with Crippen LogP contribution in [0.4, 0.5) is 0 Å². The number of aliphatic hydroxyl groups excluding tert-OH is 1. The smallest absolute Gasteiger partial charge is 0.220 e. The van der Waals surface area contributed by atoms with Crippen LogP contribution in [0, 0.1) is 0 Å². The molecule has 7 heteroatoms. The van der Waals surface area contributed by atoms with Crippen molar-refractivity contribution in [3.05, 3.63) is 51.2 Å². The first-order chi connectivity index (χ1) is 13.9. The normalized spacial score (nSPS) is 14.9. The van der Waals surface area contributed by atoms with E-state index in [2.05, 4.69) is 5.32 Å². The van der Waals surface area contributed by atoms with Crippen molar-refractivity contribution < 1.29 is 24.1 Å². The van der Waals surface area contributed by atoms with Crippen LogP contribution in [0.15, 0.2) is 29.1 Å². The van der Waals surface area contributed by atoms with Gasteiger partial charge in [0.1, 0.15) is 0 Å². The third kappa shape index (κ3) is 3.78. The summed E-state index contributed by atoms with van der Waals surface area (Å²) in [6, 6.07) is 6.43. The number of carbonyl (C=O) groups excluding carboxylic acids is 1. The zero-order valence-electron chi connectivity index (χ0n) is 17.0. The second kappa shape index (κ2) is 8.53. The highest BCUT2D eigenvalue weighted by Crippen LogP contribution is 2.45. The summed E-state index contributed by atoms with van der Waals surface area (Å²) in [4.78, 5) is 24.4. The maximum atomic E-state index is 12.6. The summed E-state index contributed by atoms with van der Waals surface area (Å²) in [5, 5.41) is 13.1. The number of fused-ring (bicyclic) bond motifs is 3. The molecule has 0 aliphatic heterocycles. The van der Waals surface area contributed by atoms with E-state index >= 15 is 0 Å². The molecule has 0 aromatic heterocycles. The molecule has 154 valence electrons. The molecule has 0 bridgehead atoms. The number of aryl methyl sites for hydroxylation is 1. The molecule has 1 atom stereocenters. The lowest BCUT2D eigenvalue weighted by Crippen LogP contribution is -2.26. The van der Waals surface area contributed by atoms with Crippen molar-refractivity contribution in [2.45, 2.75) is 32.4 Å². The maximum Gasteiger partial charge on any atom is 0.220 e. The van der Waals surface area contributed by atoms with Gasteiger partial charge in [-0.15, -0.1) is 0 Å². The molecule has 2 aromatic carbocycles. The Morgan fingerprint density at radius 2 is 1.86 bits per heavy atom. The van der Waals surface area contributed by atoms with Gasteiger partial charge in [0.05, 0.1) is 34.0 Å².